The molecule has 0 aliphatic carbocycles. The Morgan fingerprint density at radius 1 is 0.923 bits per heavy atom. The number of benzene rings is 2. The van der Waals surface area contributed by atoms with Gasteiger partial charge in [0.25, 0.3) is 5.91 Å². The zero-order chi connectivity index (χ0) is 17.9. The van der Waals surface area contributed by atoms with Crippen LogP contribution in [0.15, 0.2) is 65.8 Å². The van der Waals surface area contributed by atoms with E-state index in [9.17, 15) is 4.79 Å². The molecule has 2 aromatic carbocycles. The first-order valence-electron chi connectivity index (χ1n) is 9.17. The van der Waals surface area contributed by atoms with Crippen LogP contribution in [0.25, 0.3) is 0 Å². The van der Waals surface area contributed by atoms with Crippen LogP contribution in [-0.4, -0.2) is 54.6 Å². The van der Waals surface area contributed by atoms with E-state index in [1.807, 2.05) is 58.4 Å². The minimum Gasteiger partial charge on any atom is -0.335 e. The molecule has 1 amide bonds. The lowest BCUT2D eigenvalue weighted by molar-refractivity contribution is -0.125. The van der Waals surface area contributed by atoms with Crippen LogP contribution in [-0.2, 0) is 4.79 Å². The lowest BCUT2D eigenvalue weighted by Gasteiger charge is -2.32. The van der Waals surface area contributed by atoms with Gasteiger partial charge >= 0.3 is 0 Å². The average molecular weight is 348 g/mol. The van der Waals surface area contributed by atoms with Crippen LogP contribution in [0.2, 0.25) is 0 Å². The molecule has 2 heterocycles. The minimum atomic E-state index is 0.0602. The number of hydrazone groups is 1. The first kappa shape index (κ1) is 16.8. The van der Waals surface area contributed by atoms with Gasteiger partial charge in [0.2, 0.25) is 0 Å². The summed E-state index contributed by atoms with van der Waals surface area (Å²) in [4.78, 5) is 17.2. The molecule has 2 aromatic rings. The van der Waals surface area contributed by atoms with E-state index in [0.717, 1.165) is 31.9 Å². The third-order valence-corrected chi connectivity index (χ3v) is 5.15. The van der Waals surface area contributed by atoms with Gasteiger partial charge in [0.05, 0.1) is 11.7 Å². The van der Waals surface area contributed by atoms with Crippen molar-refractivity contribution in [1.29, 1.82) is 0 Å². The van der Waals surface area contributed by atoms with Crippen molar-refractivity contribution < 1.29 is 4.79 Å². The van der Waals surface area contributed by atoms with Crippen LogP contribution in [0.3, 0.4) is 0 Å². The van der Waals surface area contributed by atoms with Crippen LogP contribution >= 0.6 is 0 Å². The van der Waals surface area contributed by atoms with Gasteiger partial charge < -0.3 is 9.80 Å². The van der Waals surface area contributed by atoms with Gasteiger partial charge in [-0.15, -0.1) is 0 Å². The van der Waals surface area contributed by atoms with Crippen LogP contribution in [0.5, 0.6) is 0 Å². The fraction of sp³-hybridized carbons (Fsp3) is 0.333. The Kier molecular flexibility index (Phi) is 4.71. The second kappa shape index (κ2) is 7.30. The molecule has 2 aliphatic heterocycles. The van der Waals surface area contributed by atoms with E-state index in [2.05, 4.69) is 24.1 Å². The molecular formula is C21H24N4O. The molecule has 0 bridgehead atoms. The Morgan fingerprint density at radius 3 is 2.19 bits per heavy atom. The second-order valence-corrected chi connectivity index (χ2v) is 6.95. The highest BCUT2D eigenvalue weighted by molar-refractivity contribution is 6.39. The SMILES string of the molecule is CN1CCN(C(=O)C2=NN(c3ccccc3)C(c3ccccc3)C2)CC1. The summed E-state index contributed by atoms with van der Waals surface area (Å²) in [5.74, 6) is 0.0810. The Bertz CT molecular complexity index is 782. The maximum Gasteiger partial charge on any atom is 0.270 e. The van der Waals surface area contributed by atoms with Gasteiger partial charge in [0, 0.05) is 32.6 Å². The summed E-state index contributed by atoms with van der Waals surface area (Å²) in [5.41, 5.74) is 2.86. The molecule has 1 fully saturated rings. The van der Waals surface area contributed by atoms with E-state index in [1.54, 1.807) is 0 Å². The second-order valence-electron chi connectivity index (χ2n) is 6.95. The normalized spacial score (nSPS) is 21.0. The molecule has 1 unspecified atom stereocenters. The number of carbonyl (C=O) groups excluding carboxylic acids is 1. The molecular weight excluding hydrogens is 324 g/mol. The molecule has 0 saturated carbocycles. The number of para-hydroxylation sites is 1. The number of piperazine rings is 1. The highest BCUT2D eigenvalue weighted by Gasteiger charge is 2.34. The molecule has 1 saturated heterocycles. The average Bonchev–Trinajstić information content (AvgIpc) is 3.15. The largest absolute Gasteiger partial charge is 0.335 e. The van der Waals surface area contributed by atoms with Gasteiger partial charge in [-0.05, 0) is 24.7 Å². The first-order valence-corrected chi connectivity index (χ1v) is 9.17. The minimum absolute atomic E-state index is 0.0602. The van der Waals surface area contributed by atoms with Crippen molar-refractivity contribution in [2.24, 2.45) is 5.10 Å². The Morgan fingerprint density at radius 2 is 1.54 bits per heavy atom. The van der Waals surface area contributed by atoms with Crippen LogP contribution in [0, 0.1) is 0 Å². The molecule has 0 spiro atoms. The molecule has 134 valence electrons. The highest BCUT2D eigenvalue weighted by Crippen LogP contribution is 2.35. The first-order chi connectivity index (χ1) is 12.7. The smallest absolute Gasteiger partial charge is 0.270 e. The number of hydrogen-bond acceptors (Lipinski definition) is 4. The van der Waals surface area contributed by atoms with Crippen LogP contribution in [0.1, 0.15) is 18.0 Å². The van der Waals surface area contributed by atoms with Gasteiger partial charge in [-0.25, -0.2) is 0 Å². The Labute approximate surface area is 154 Å². The van der Waals surface area contributed by atoms with E-state index >= 15 is 0 Å². The van der Waals surface area contributed by atoms with Crippen LogP contribution in [0.4, 0.5) is 5.69 Å². The van der Waals surface area contributed by atoms with E-state index in [1.165, 1.54) is 5.56 Å². The lowest BCUT2D eigenvalue weighted by Crippen LogP contribution is -2.49. The predicted molar refractivity (Wildman–Crippen MR) is 104 cm³/mol. The Balaban J connectivity index is 1.61. The summed E-state index contributed by atoms with van der Waals surface area (Å²) < 4.78 is 0. The summed E-state index contributed by atoms with van der Waals surface area (Å²) in [6, 6.07) is 20.5. The number of carbonyl (C=O) groups is 1. The number of rotatable bonds is 3. The summed E-state index contributed by atoms with van der Waals surface area (Å²) in [5, 5.41) is 6.75. The molecule has 1 atom stereocenters. The zero-order valence-corrected chi connectivity index (χ0v) is 15.1. The van der Waals surface area contributed by atoms with Crippen molar-refractivity contribution in [1.82, 2.24) is 9.80 Å². The Hall–Kier alpha value is -2.66. The van der Waals surface area contributed by atoms with E-state index in [-0.39, 0.29) is 11.9 Å². The molecule has 2 aliphatic rings. The molecule has 5 nitrogen and oxygen atoms in total. The van der Waals surface area contributed by atoms with Crippen molar-refractivity contribution in [3.8, 4) is 0 Å². The molecule has 0 aromatic heterocycles. The van der Waals surface area contributed by atoms with Crippen LogP contribution < -0.4 is 5.01 Å². The summed E-state index contributed by atoms with van der Waals surface area (Å²) in [7, 11) is 2.09. The van der Waals surface area contributed by atoms with E-state index in [0.29, 0.717) is 12.1 Å². The topological polar surface area (TPSA) is 39.1 Å². The highest BCUT2D eigenvalue weighted by atomic mass is 16.2. The van der Waals surface area contributed by atoms with Crippen molar-refractivity contribution in [3.05, 3.63) is 66.2 Å². The fourth-order valence-corrected chi connectivity index (χ4v) is 3.58. The van der Waals surface area contributed by atoms with Gasteiger partial charge in [0.15, 0.2) is 0 Å². The van der Waals surface area contributed by atoms with Gasteiger partial charge in [-0.2, -0.15) is 5.10 Å². The van der Waals surface area contributed by atoms with Crippen molar-refractivity contribution in [3.63, 3.8) is 0 Å². The number of likely N-dealkylation sites (N-methyl/N-ethyl adjacent to an activating group) is 1. The third kappa shape index (κ3) is 3.35. The number of hydrogen-bond donors (Lipinski definition) is 0. The van der Waals surface area contributed by atoms with Gasteiger partial charge in [-0.1, -0.05) is 48.5 Å². The van der Waals surface area contributed by atoms with Gasteiger partial charge in [-0.3, -0.25) is 9.80 Å². The van der Waals surface area contributed by atoms with E-state index < -0.39 is 0 Å². The fourth-order valence-electron chi connectivity index (χ4n) is 3.58. The maximum absolute atomic E-state index is 13.0. The summed E-state index contributed by atoms with van der Waals surface area (Å²) in [6.45, 7) is 3.39. The monoisotopic (exact) mass is 348 g/mol. The van der Waals surface area contributed by atoms with Crippen molar-refractivity contribution in [2.45, 2.75) is 12.5 Å². The molecule has 5 heteroatoms. The number of nitrogens with zero attached hydrogens (tertiary/aromatic N) is 4. The van der Waals surface area contributed by atoms with Crippen molar-refractivity contribution >= 4 is 17.3 Å². The molecule has 26 heavy (non-hydrogen) atoms. The maximum atomic E-state index is 13.0. The standard InChI is InChI=1S/C21H24N4O/c1-23-12-14-24(15-13-23)21(26)19-16-20(17-8-4-2-5-9-17)25(22-19)18-10-6-3-7-11-18/h2-11,20H,12-16H2,1H3. The van der Waals surface area contributed by atoms with E-state index in [4.69, 9.17) is 5.10 Å². The van der Waals surface area contributed by atoms with Gasteiger partial charge in [0.1, 0.15) is 5.71 Å². The van der Waals surface area contributed by atoms with Crippen molar-refractivity contribution in [2.75, 3.05) is 38.2 Å². The summed E-state index contributed by atoms with van der Waals surface area (Å²) in [6.07, 6.45) is 0.643. The molecule has 0 radical (unpaired) electrons. The number of amides is 1. The zero-order valence-electron chi connectivity index (χ0n) is 15.1. The summed E-state index contributed by atoms with van der Waals surface area (Å²) >= 11 is 0. The lowest BCUT2D eigenvalue weighted by atomic mass is 10.0. The predicted octanol–water partition coefficient (Wildman–Crippen LogP) is 2.77. The third-order valence-electron chi connectivity index (χ3n) is 5.15. The molecule has 0 N–H and O–H groups in total. The molecule has 4 rings (SSSR count). The quantitative estimate of drug-likeness (QED) is 0.856. The number of anilines is 1.